The molecule has 1 heterocycles. The molecule has 0 amide bonds. The Bertz CT molecular complexity index is 184. The molecule has 1 aliphatic heterocycles. The Morgan fingerprint density at radius 3 is 2.62 bits per heavy atom. The number of piperidine rings is 1. The van der Waals surface area contributed by atoms with E-state index in [1.54, 1.807) is 0 Å². The molecule has 1 aliphatic rings. The summed E-state index contributed by atoms with van der Waals surface area (Å²) in [6.07, 6.45) is 4.64. The maximum Gasteiger partial charge on any atom is 0.0132 e. The highest BCUT2D eigenvalue weighted by atomic mass is 15.1. The van der Waals surface area contributed by atoms with Crippen molar-refractivity contribution in [2.45, 2.75) is 12.8 Å². The van der Waals surface area contributed by atoms with Gasteiger partial charge in [0.05, 0.1) is 0 Å². The first-order valence-corrected chi connectivity index (χ1v) is 6.41. The molecule has 0 aromatic carbocycles. The molecule has 0 aliphatic carbocycles. The molecular weight excluding hydrogens is 198 g/mol. The molecule has 0 aromatic rings. The number of likely N-dealkylation sites (tertiary alicyclic amines) is 1. The maximum atomic E-state index is 3.70. The molecule has 0 saturated carbocycles. The van der Waals surface area contributed by atoms with Crippen LogP contribution in [0.4, 0.5) is 0 Å². The second-order valence-corrected chi connectivity index (χ2v) is 5.04. The van der Waals surface area contributed by atoms with Crippen molar-refractivity contribution in [2.75, 3.05) is 53.4 Å². The van der Waals surface area contributed by atoms with Gasteiger partial charge in [-0.15, -0.1) is 6.58 Å². The Labute approximate surface area is 100 Å². The zero-order valence-electron chi connectivity index (χ0n) is 10.9. The van der Waals surface area contributed by atoms with Crippen LogP contribution in [0.5, 0.6) is 0 Å². The van der Waals surface area contributed by atoms with E-state index in [2.05, 4.69) is 35.8 Å². The smallest absolute Gasteiger partial charge is 0.0132 e. The van der Waals surface area contributed by atoms with Crippen LogP contribution in [0.1, 0.15) is 12.8 Å². The van der Waals surface area contributed by atoms with E-state index in [0.717, 1.165) is 19.0 Å². The van der Waals surface area contributed by atoms with Gasteiger partial charge in [0.2, 0.25) is 0 Å². The van der Waals surface area contributed by atoms with Crippen molar-refractivity contribution < 1.29 is 0 Å². The lowest BCUT2D eigenvalue weighted by atomic mass is 9.96. The first kappa shape index (κ1) is 13.7. The Hall–Kier alpha value is -0.380. The fraction of sp³-hybridized carbons (Fsp3) is 0.846. The van der Waals surface area contributed by atoms with E-state index in [1.807, 2.05) is 6.08 Å². The number of hydrogen-bond donors (Lipinski definition) is 1. The molecule has 1 fully saturated rings. The van der Waals surface area contributed by atoms with E-state index >= 15 is 0 Å². The molecule has 1 saturated heterocycles. The molecular formula is C13H27N3. The van der Waals surface area contributed by atoms with Gasteiger partial charge in [-0.3, -0.25) is 0 Å². The van der Waals surface area contributed by atoms with Crippen molar-refractivity contribution in [1.29, 1.82) is 0 Å². The average Bonchev–Trinajstić information content (AvgIpc) is 2.26. The minimum atomic E-state index is 0.910. The SMILES string of the molecule is C=CCNCCN1CCC(CN(C)C)CC1. The monoisotopic (exact) mass is 225 g/mol. The topological polar surface area (TPSA) is 18.5 Å². The summed E-state index contributed by atoms with van der Waals surface area (Å²) in [5.41, 5.74) is 0. The standard InChI is InChI=1S/C13H27N3/c1-4-7-14-8-11-16-9-5-13(6-10-16)12-15(2)3/h4,13-14H,1,5-12H2,2-3H3. The normalized spacial score (nSPS) is 19.2. The van der Waals surface area contributed by atoms with E-state index in [1.165, 1.54) is 39.0 Å². The van der Waals surface area contributed by atoms with Gasteiger partial charge in [-0.25, -0.2) is 0 Å². The van der Waals surface area contributed by atoms with Crippen LogP contribution < -0.4 is 5.32 Å². The zero-order chi connectivity index (χ0) is 11.8. The largest absolute Gasteiger partial charge is 0.312 e. The molecule has 3 nitrogen and oxygen atoms in total. The molecule has 3 heteroatoms. The van der Waals surface area contributed by atoms with Gasteiger partial charge in [0.25, 0.3) is 0 Å². The molecule has 0 radical (unpaired) electrons. The minimum absolute atomic E-state index is 0.910. The number of rotatable bonds is 7. The third-order valence-corrected chi connectivity index (χ3v) is 3.22. The Balaban J connectivity index is 2.05. The molecule has 0 aromatic heterocycles. The summed E-state index contributed by atoms with van der Waals surface area (Å²) < 4.78 is 0. The molecule has 16 heavy (non-hydrogen) atoms. The highest BCUT2D eigenvalue weighted by Crippen LogP contribution is 2.16. The zero-order valence-corrected chi connectivity index (χ0v) is 10.9. The van der Waals surface area contributed by atoms with Crippen molar-refractivity contribution in [2.24, 2.45) is 5.92 Å². The van der Waals surface area contributed by atoms with Gasteiger partial charge in [0.15, 0.2) is 0 Å². The molecule has 1 N–H and O–H groups in total. The van der Waals surface area contributed by atoms with Gasteiger partial charge in [-0.05, 0) is 45.9 Å². The highest BCUT2D eigenvalue weighted by Gasteiger charge is 2.18. The molecule has 0 unspecified atom stereocenters. The third-order valence-electron chi connectivity index (χ3n) is 3.22. The third kappa shape index (κ3) is 5.64. The Morgan fingerprint density at radius 1 is 1.38 bits per heavy atom. The lowest BCUT2D eigenvalue weighted by Crippen LogP contribution is -2.40. The maximum absolute atomic E-state index is 3.70. The number of nitrogens with zero attached hydrogens (tertiary/aromatic N) is 2. The van der Waals surface area contributed by atoms with Crippen LogP contribution in [0.25, 0.3) is 0 Å². The molecule has 0 atom stereocenters. The van der Waals surface area contributed by atoms with Gasteiger partial charge in [0.1, 0.15) is 0 Å². The van der Waals surface area contributed by atoms with E-state index in [9.17, 15) is 0 Å². The van der Waals surface area contributed by atoms with Crippen LogP contribution in [0, 0.1) is 5.92 Å². The predicted octanol–water partition coefficient (Wildman–Crippen LogP) is 1.04. The van der Waals surface area contributed by atoms with Crippen molar-refractivity contribution >= 4 is 0 Å². The summed E-state index contributed by atoms with van der Waals surface area (Å²) in [6.45, 7) is 10.7. The van der Waals surface area contributed by atoms with Crippen molar-refractivity contribution in [1.82, 2.24) is 15.1 Å². The van der Waals surface area contributed by atoms with E-state index in [0.29, 0.717) is 0 Å². The second-order valence-electron chi connectivity index (χ2n) is 5.04. The van der Waals surface area contributed by atoms with E-state index in [-0.39, 0.29) is 0 Å². The summed E-state index contributed by atoms with van der Waals surface area (Å²) in [5, 5.41) is 3.36. The van der Waals surface area contributed by atoms with Gasteiger partial charge in [0, 0.05) is 26.2 Å². The van der Waals surface area contributed by atoms with Crippen LogP contribution in [-0.2, 0) is 0 Å². The predicted molar refractivity (Wildman–Crippen MR) is 70.8 cm³/mol. The first-order valence-electron chi connectivity index (χ1n) is 6.41. The van der Waals surface area contributed by atoms with Crippen molar-refractivity contribution in [3.05, 3.63) is 12.7 Å². The summed E-state index contributed by atoms with van der Waals surface area (Å²) in [4.78, 5) is 4.88. The Morgan fingerprint density at radius 2 is 2.06 bits per heavy atom. The van der Waals surface area contributed by atoms with Gasteiger partial charge >= 0.3 is 0 Å². The van der Waals surface area contributed by atoms with E-state index in [4.69, 9.17) is 0 Å². The van der Waals surface area contributed by atoms with Crippen molar-refractivity contribution in [3.63, 3.8) is 0 Å². The number of hydrogen-bond acceptors (Lipinski definition) is 3. The summed E-state index contributed by atoms with van der Waals surface area (Å²) in [5.74, 6) is 0.910. The van der Waals surface area contributed by atoms with Crippen LogP contribution in [-0.4, -0.2) is 63.2 Å². The summed E-state index contributed by atoms with van der Waals surface area (Å²) in [6, 6.07) is 0. The quantitative estimate of drug-likeness (QED) is 0.516. The highest BCUT2D eigenvalue weighted by molar-refractivity contribution is 4.75. The fourth-order valence-electron chi connectivity index (χ4n) is 2.35. The lowest BCUT2D eigenvalue weighted by molar-refractivity contribution is 0.163. The molecule has 0 spiro atoms. The second kappa shape index (κ2) is 7.82. The first-order chi connectivity index (χ1) is 7.72. The van der Waals surface area contributed by atoms with Gasteiger partial charge < -0.3 is 15.1 Å². The van der Waals surface area contributed by atoms with Gasteiger partial charge in [-0.2, -0.15) is 0 Å². The van der Waals surface area contributed by atoms with Crippen molar-refractivity contribution in [3.8, 4) is 0 Å². The van der Waals surface area contributed by atoms with Crippen LogP contribution in [0.15, 0.2) is 12.7 Å². The van der Waals surface area contributed by atoms with Crippen LogP contribution in [0.3, 0.4) is 0 Å². The minimum Gasteiger partial charge on any atom is -0.312 e. The fourth-order valence-corrected chi connectivity index (χ4v) is 2.35. The van der Waals surface area contributed by atoms with Crippen LogP contribution >= 0.6 is 0 Å². The average molecular weight is 225 g/mol. The van der Waals surface area contributed by atoms with Gasteiger partial charge in [-0.1, -0.05) is 6.08 Å². The lowest BCUT2D eigenvalue weighted by Gasteiger charge is -2.33. The summed E-state index contributed by atoms with van der Waals surface area (Å²) >= 11 is 0. The molecule has 0 bridgehead atoms. The number of nitrogens with one attached hydrogen (secondary N) is 1. The summed E-state index contributed by atoms with van der Waals surface area (Å²) in [7, 11) is 4.34. The molecule has 1 rings (SSSR count). The van der Waals surface area contributed by atoms with Crippen LogP contribution in [0.2, 0.25) is 0 Å². The Kier molecular flexibility index (Phi) is 6.69. The van der Waals surface area contributed by atoms with E-state index < -0.39 is 0 Å². The molecule has 94 valence electrons.